The smallest absolute Gasteiger partial charge is 0.172 e. The molecule has 1 aromatic carbocycles. The summed E-state index contributed by atoms with van der Waals surface area (Å²) in [5, 5.41) is 22.8. The summed E-state index contributed by atoms with van der Waals surface area (Å²) in [4.78, 5) is 2.07. The number of anilines is 1. The maximum Gasteiger partial charge on any atom is 0.172 e. The van der Waals surface area contributed by atoms with E-state index in [1.165, 1.54) is 0 Å². The number of unbranched alkanes of at least 4 members (excludes halogenated alkanes) is 2. The van der Waals surface area contributed by atoms with E-state index in [0.717, 1.165) is 31.7 Å². The number of benzene rings is 1. The van der Waals surface area contributed by atoms with Crippen molar-refractivity contribution < 1.29 is 14.4 Å². The van der Waals surface area contributed by atoms with Gasteiger partial charge in [-0.15, -0.1) is 0 Å². The second-order valence-corrected chi connectivity index (χ2v) is 5.36. The van der Waals surface area contributed by atoms with Crippen LogP contribution in [0.15, 0.2) is 28.8 Å². The summed E-state index contributed by atoms with van der Waals surface area (Å²) in [6.45, 7) is 6.31. The van der Waals surface area contributed by atoms with Gasteiger partial charge < -0.3 is 19.3 Å². The fourth-order valence-corrected chi connectivity index (χ4v) is 2.40. The minimum atomic E-state index is 0.0896. The first-order valence-electron chi connectivity index (χ1n) is 8.24. The molecule has 0 aliphatic rings. The van der Waals surface area contributed by atoms with Crippen molar-refractivity contribution in [3.63, 3.8) is 0 Å². The summed E-state index contributed by atoms with van der Waals surface area (Å²) in [6, 6.07) is 9.04. The van der Waals surface area contributed by atoms with Gasteiger partial charge in [0.1, 0.15) is 11.5 Å². The molecule has 0 radical (unpaired) electrons. The van der Waals surface area contributed by atoms with E-state index in [0.29, 0.717) is 30.1 Å². The molecule has 0 atom stereocenters. The molecule has 6 nitrogen and oxygen atoms in total. The third-order valence-electron chi connectivity index (χ3n) is 3.77. The largest absolute Gasteiger partial charge is 0.507 e. The highest BCUT2D eigenvalue weighted by molar-refractivity contribution is 5.68. The lowest BCUT2D eigenvalue weighted by Crippen LogP contribution is -2.21. The summed E-state index contributed by atoms with van der Waals surface area (Å²) in [7, 11) is 0. The Labute approximate surface area is 142 Å². The quantitative estimate of drug-likeness (QED) is 0.701. The number of phenols is 1. The number of nitriles is 1. The number of hydrogen-bond acceptors (Lipinski definition) is 6. The van der Waals surface area contributed by atoms with Crippen molar-refractivity contribution in [2.24, 2.45) is 0 Å². The third kappa shape index (κ3) is 4.42. The molecule has 0 saturated heterocycles. The van der Waals surface area contributed by atoms with Gasteiger partial charge in [-0.2, -0.15) is 5.26 Å². The minimum Gasteiger partial charge on any atom is -0.507 e. The predicted molar refractivity (Wildman–Crippen MR) is 92.1 cm³/mol. The van der Waals surface area contributed by atoms with Gasteiger partial charge in [0.25, 0.3) is 0 Å². The molecule has 1 N–H and O–H groups in total. The molecule has 0 aliphatic carbocycles. The SMILES string of the molecule is CCN(CC)c1cc(-c2ccc(OCCCCC#N)cc2O)on1. The predicted octanol–water partition coefficient (Wildman–Crippen LogP) is 3.97. The van der Waals surface area contributed by atoms with Crippen molar-refractivity contribution in [1.82, 2.24) is 5.16 Å². The van der Waals surface area contributed by atoms with Crippen molar-refractivity contribution in [3.05, 3.63) is 24.3 Å². The maximum absolute atomic E-state index is 10.2. The highest BCUT2D eigenvalue weighted by Gasteiger charge is 2.14. The van der Waals surface area contributed by atoms with Crippen LogP contribution in [0.25, 0.3) is 11.3 Å². The average Bonchev–Trinajstić information content (AvgIpc) is 3.05. The molecule has 0 amide bonds. The molecule has 1 aromatic heterocycles. The topological polar surface area (TPSA) is 82.5 Å². The van der Waals surface area contributed by atoms with Gasteiger partial charge >= 0.3 is 0 Å². The minimum absolute atomic E-state index is 0.0896. The van der Waals surface area contributed by atoms with Crippen molar-refractivity contribution in [2.75, 3.05) is 24.6 Å². The molecule has 128 valence electrons. The van der Waals surface area contributed by atoms with E-state index in [2.05, 4.69) is 30.0 Å². The normalized spacial score (nSPS) is 10.4. The molecule has 24 heavy (non-hydrogen) atoms. The van der Waals surface area contributed by atoms with Crippen LogP contribution >= 0.6 is 0 Å². The third-order valence-corrected chi connectivity index (χ3v) is 3.77. The van der Waals surface area contributed by atoms with Crippen LogP contribution < -0.4 is 9.64 Å². The van der Waals surface area contributed by atoms with Crippen LogP contribution in [0.5, 0.6) is 11.5 Å². The summed E-state index contributed by atoms with van der Waals surface area (Å²) >= 11 is 0. The first-order valence-corrected chi connectivity index (χ1v) is 8.24. The van der Waals surface area contributed by atoms with Crippen LogP contribution in [0.3, 0.4) is 0 Å². The van der Waals surface area contributed by atoms with Crippen LogP contribution in [0.2, 0.25) is 0 Å². The highest BCUT2D eigenvalue weighted by atomic mass is 16.5. The van der Waals surface area contributed by atoms with Crippen LogP contribution in [0.1, 0.15) is 33.1 Å². The van der Waals surface area contributed by atoms with Crippen LogP contribution in [-0.4, -0.2) is 30.0 Å². The van der Waals surface area contributed by atoms with Crippen LogP contribution in [0, 0.1) is 11.3 Å². The maximum atomic E-state index is 10.2. The van der Waals surface area contributed by atoms with E-state index in [1.54, 1.807) is 18.2 Å². The lowest BCUT2D eigenvalue weighted by molar-refractivity contribution is 0.306. The molecule has 6 heteroatoms. The number of ether oxygens (including phenoxy) is 1. The Morgan fingerprint density at radius 2 is 2.04 bits per heavy atom. The van der Waals surface area contributed by atoms with Crippen molar-refractivity contribution in [1.29, 1.82) is 5.26 Å². The van der Waals surface area contributed by atoms with Gasteiger partial charge in [-0.1, -0.05) is 5.16 Å². The van der Waals surface area contributed by atoms with E-state index in [1.807, 2.05) is 6.07 Å². The molecule has 0 spiro atoms. The van der Waals surface area contributed by atoms with Gasteiger partial charge in [-0.05, 0) is 38.8 Å². The van der Waals surface area contributed by atoms with E-state index in [4.69, 9.17) is 14.5 Å². The first kappa shape index (κ1) is 17.7. The Morgan fingerprint density at radius 1 is 1.25 bits per heavy atom. The van der Waals surface area contributed by atoms with E-state index in [9.17, 15) is 5.11 Å². The highest BCUT2D eigenvalue weighted by Crippen LogP contribution is 2.34. The monoisotopic (exact) mass is 329 g/mol. The Morgan fingerprint density at radius 3 is 2.71 bits per heavy atom. The van der Waals surface area contributed by atoms with E-state index >= 15 is 0 Å². The number of aromatic hydroxyl groups is 1. The Balaban J connectivity index is 2.03. The molecular formula is C18H23N3O3. The second-order valence-electron chi connectivity index (χ2n) is 5.36. The molecule has 2 aromatic rings. The molecule has 0 bridgehead atoms. The van der Waals surface area contributed by atoms with Gasteiger partial charge in [-0.25, -0.2) is 0 Å². The Bertz CT molecular complexity index is 687. The lowest BCUT2D eigenvalue weighted by Gasteiger charge is -2.15. The fraction of sp³-hybridized carbons (Fsp3) is 0.444. The van der Waals surface area contributed by atoms with Gasteiger partial charge in [-0.3, -0.25) is 0 Å². The summed E-state index contributed by atoms with van der Waals surface area (Å²) in [5.41, 5.74) is 0.581. The summed E-state index contributed by atoms with van der Waals surface area (Å²) < 4.78 is 10.9. The van der Waals surface area contributed by atoms with Gasteiger partial charge in [0, 0.05) is 31.6 Å². The van der Waals surface area contributed by atoms with Gasteiger partial charge in [0.2, 0.25) is 0 Å². The zero-order valence-electron chi connectivity index (χ0n) is 14.2. The zero-order chi connectivity index (χ0) is 17.4. The first-order chi connectivity index (χ1) is 11.7. The standard InChI is InChI=1S/C18H23N3O3/c1-3-21(4-2)18-13-17(24-20-18)15-9-8-14(12-16(15)22)23-11-7-5-6-10-19/h8-9,12-13,22H,3-7,11H2,1-2H3. The number of nitrogens with zero attached hydrogens (tertiary/aromatic N) is 3. The molecular weight excluding hydrogens is 306 g/mol. The molecule has 0 fully saturated rings. The number of rotatable bonds is 9. The summed E-state index contributed by atoms with van der Waals surface area (Å²) in [6.07, 6.45) is 2.16. The Hall–Kier alpha value is -2.68. The van der Waals surface area contributed by atoms with E-state index in [-0.39, 0.29) is 5.75 Å². The summed E-state index contributed by atoms with van der Waals surface area (Å²) in [5.74, 6) is 1.96. The van der Waals surface area contributed by atoms with Crippen LogP contribution in [-0.2, 0) is 0 Å². The van der Waals surface area contributed by atoms with E-state index < -0.39 is 0 Å². The number of aromatic nitrogens is 1. The zero-order valence-corrected chi connectivity index (χ0v) is 14.2. The molecule has 1 heterocycles. The molecule has 2 rings (SSSR count). The van der Waals surface area contributed by atoms with Gasteiger partial charge in [0.15, 0.2) is 11.6 Å². The number of hydrogen-bond donors (Lipinski definition) is 1. The molecule has 0 unspecified atom stereocenters. The second kappa shape index (κ2) is 8.82. The van der Waals surface area contributed by atoms with Crippen LogP contribution in [0.4, 0.5) is 5.82 Å². The van der Waals surface area contributed by atoms with Crippen molar-refractivity contribution in [3.8, 4) is 28.9 Å². The average molecular weight is 329 g/mol. The Kier molecular flexibility index (Phi) is 6.50. The van der Waals surface area contributed by atoms with Gasteiger partial charge in [0.05, 0.1) is 18.2 Å². The van der Waals surface area contributed by atoms with Crippen molar-refractivity contribution >= 4 is 5.82 Å². The fourth-order valence-electron chi connectivity index (χ4n) is 2.40. The molecule has 0 saturated carbocycles. The number of phenolic OH excluding ortho intramolecular Hbond substituents is 1. The van der Waals surface area contributed by atoms with Crippen molar-refractivity contribution in [2.45, 2.75) is 33.1 Å². The molecule has 0 aliphatic heterocycles. The lowest BCUT2D eigenvalue weighted by atomic mass is 10.1.